The van der Waals surface area contributed by atoms with E-state index in [4.69, 9.17) is 0 Å². The highest BCUT2D eigenvalue weighted by molar-refractivity contribution is 5.88. The summed E-state index contributed by atoms with van der Waals surface area (Å²) in [5, 5.41) is 4.01. The summed E-state index contributed by atoms with van der Waals surface area (Å²) in [7, 11) is 0. The Balaban J connectivity index is 2.01. The van der Waals surface area contributed by atoms with Crippen LogP contribution in [0.2, 0.25) is 0 Å². The van der Waals surface area contributed by atoms with Crippen molar-refractivity contribution in [3.8, 4) is 0 Å². The molecule has 0 unspecified atom stereocenters. The quantitative estimate of drug-likeness (QED) is 0.796. The highest BCUT2D eigenvalue weighted by Gasteiger charge is 2.07. The number of para-hydroxylation sites is 1. The molecule has 0 aliphatic heterocycles. The van der Waals surface area contributed by atoms with Crippen molar-refractivity contribution in [1.82, 2.24) is 10.3 Å². The molecule has 0 atom stereocenters. The van der Waals surface area contributed by atoms with Crippen LogP contribution in [0.4, 0.5) is 0 Å². The van der Waals surface area contributed by atoms with Crippen molar-refractivity contribution >= 4 is 16.8 Å². The average Bonchev–Trinajstić information content (AvgIpc) is 2.72. The summed E-state index contributed by atoms with van der Waals surface area (Å²) in [6.45, 7) is 4.64. The molecule has 0 fully saturated rings. The van der Waals surface area contributed by atoms with Crippen molar-refractivity contribution in [3.05, 3.63) is 47.7 Å². The molecule has 2 rings (SSSR count). The zero-order valence-corrected chi connectivity index (χ0v) is 10.8. The average molecular weight is 242 g/mol. The summed E-state index contributed by atoms with van der Waals surface area (Å²) in [5.74, 6) is 0.0530. The van der Waals surface area contributed by atoms with Gasteiger partial charge in [0.2, 0.25) is 5.91 Å². The van der Waals surface area contributed by atoms with Crippen LogP contribution in [-0.2, 0) is 11.2 Å². The van der Waals surface area contributed by atoms with Crippen LogP contribution in [0.25, 0.3) is 10.9 Å². The lowest BCUT2D eigenvalue weighted by molar-refractivity contribution is -0.120. The van der Waals surface area contributed by atoms with E-state index < -0.39 is 0 Å². The second-order valence-corrected chi connectivity index (χ2v) is 4.62. The first-order valence-corrected chi connectivity index (χ1v) is 6.12. The number of aromatic amines is 1. The topological polar surface area (TPSA) is 44.9 Å². The van der Waals surface area contributed by atoms with Crippen LogP contribution < -0.4 is 5.32 Å². The lowest BCUT2D eigenvalue weighted by Crippen LogP contribution is -2.25. The van der Waals surface area contributed by atoms with E-state index >= 15 is 0 Å². The van der Waals surface area contributed by atoms with Gasteiger partial charge < -0.3 is 10.3 Å². The number of carbonyl (C=O) groups excluding carboxylic acids is 1. The van der Waals surface area contributed by atoms with Crippen molar-refractivity contribution in [2.45, 2.75) is 20.3 Å². The molecular weight excluding hydrogens is 224 g/mol. The SMILES string of the molecule is CC(C)=CCNC(=O)Cc1c[nH]c2ccccc12. The van der Waals surface area contributed by atoms with Gasteiger partial charge in [0.15, 0.2) is 0 Å². The molecule has 0 radical (unpaired) electrons. The summed E-state index contributed by atoms with van der Waals surface area (Å²) in [5.41, 5.74) is 3.33. The van der Waals surface area contributed by atoms with Crippen LogP contribution in [0.3, 0.4) is 0 Å². The van der Waals surface area contributed by atoms with Gasteiger partial charge in [-0.05, 0) is 25.5 Å². The maximum atomic E-state index is 11.8. The Bertz CT molecular complexity index is 577. The minimum Gasteiger partial charge on any atom is -0.361 e. The van der Waals surface area contributed by atoms with Gasteiger partial charge in [0.05, 0.1) is 6.42 Å². The summed E-state index contributed by atoms with van der Waals surface area (Å²) in [6.07, 6.45) is 4.33. The van der Waals surface area contributed by atoms with E-state index in [0.717, 1.165) is 16.5 Å². The molecule has 1 aromatic heterocycles. The minimum atomic E-state index is 0.0530. The van der Waals surface area contributed by atoms with Gasteiger partial charge in [-0.1, -0.05) is 29.8 Å². The Hall–Kier alpha value is -2.03. The van der Waals surface area contributed by atoms with Crippen LogP contribution in [0, 0.1) is 0 Å². The molecule has 0 saturated heterocycles. The van der Waals surface area contributed by atoms with E-state index in [1.165, 1.54) is 5.57 Å². The molecule has 3 nitrogen and oxygen atoms in total. The number of hydrogen-bond acceptors (Lipinski definition) is 1. The van der Waals surface area contributed by atoms with Crippen LogP contribution in [0.5, 0.6) is 0 Å². The summed E-state index contributed by atoms with van der Waals surface area (Å²) >= 11 is 0. The maximum Gasteiger partial charge on any atom is 0.224 e. The van der Waals surface area contributed by atoms with Crippen molar-refractivity contribution in [3.63, 3.8) is 0 Å². The molecular formula is C15H18N2O. The highest BCUT2D eigenvalue weighted by Crippen LogP contribution is 2.17. The van der Waals surface area contributed by atoms with Crippen molar-refractivity contribution in [2.24, 2.45) is 0 Å². The number of H-pyrrole nitrogens is 1. The Kier molecular flexibility index (Phi) is 3.82. The van der Waals surface area contributed by atoms with E-state index in [0.29, 0.717) is 13.0 Å². The van der Waals surface area contributed by atoms with E-state index in [1.807, 2.05) is 50.4 Å². The van der Waals surface area contributed by atoms with Crippen LogP contribution >= 0.6 is 0 Å². The molecule has 3 heteroatoms. The van der Waals surface area contributed by atoms with Crippen LogP contribution in [-0.4, -0.2) is 17.4 Å². The third kappa shape index (κ3) is 3.00. The van der Waals surface area contributed by atoms with Crippen molar-refractivity contribution in [2.75, 3.05) is 6.54 Å². The minimum absolute atomic E-state index is 0.0530. The molecule has 18 heavy (non-hydrogen) atoms. The number of allylic oxidation sites excluding steroid dienone is 1. The number of benzene rings is 1. The van der Waals surface area contributed by atoms with Crippen molar-refractivity contribution < 1.29 is 4.79 Å². The summed E-state index contributed by atoms with van der Waals surface area (Å²) < 4.78 is 0. The molecule has 94 valence electrons. The van der Waals surface area contributed by atoms with Gasteiger partial charge in [0.25, 0.3) is 0 Å². The summed E-state index contributed by atoms with van der Waals surface area (Å²) in [4.78, 5) is 15.0. The molecule has 1 heterocycles. The number of carbonyl (C=O) groups is 1. The van der Waals surface area contributed by atoms with E-state index in [2.05, 4.69) is 10.3 Å². The normalized spacial score (nSPS) is 10.3. The largest absolute Gasteiger partial charge is 0.361 e. The molecule has 0 aliphatic rings. The first-order chi connectivity index (χ1) is 8.66. The van der Waals surface area contributed by atoms with Gasteiger partial charge >= 0.3 is 0 Å². The highest BCUT2D eigenvalue weighted by atomic mass is 16.1. The molecule has 1 aromatic carbocycles. The monoisotopic (exact) mass is 242 g/mol. The Morgan fingerprint density at radius 3 is 2.89 bits per heavy atom. The second kappa shape index (κ2) is 5.54. The zero-order chi connectivity index (χ0) is 13.0. The van der Waals surface area contributed by atoms with Gasteiger partial charge in [0.1, 0.15) is 0 Å². The van der Waals surface area contributed by atoms with E-state index in [1.54, 1.807) is 0 Å². The number of amides is 1. The molecule has 0 spiro atoms. The number of nitrogens with one attached hydrogen (secondary N) is 2. The predicted molar refractivity (Wildman–Crippen MR) is 74.4 cm³/mol. The van der Waals surface area contributed by atoms with Gasteiger partial charge in [-0.2, -0.15) is 0 Å². The molecule has 1 amide bonds. The molecule has 2 N–H and O–H groups in total. The Labute approximate surface area is 107 Å². The lowest BCUT2D eigenvalue weighted by atomic mass is 10.1. The zero-order valence-electron chi connectivity index (χ0n) is 10.8. The Morgan fingerprint density at radius 2 is 2.11 bits per heavy atom. The predicted octanol–water partition coefficient (Wildman–Crippen LogP) is 2.79. The number of aromatic nitrogens is 1. The lowest BCUT2D eigenvalue weighted by Gasteiger charge is -2.02. The number of fused-ring (bicyclic) bond motifs is 1. The van der Waals surface area contributed by atoms with Crippen LogP contribution in [0.1, 0.15) is 19.4 Å². The van der Waals surface area contributed by atoms with Gasteiger partial charge in [-0.25, -0.2) is 0 Å². The smallest absolute Gasteiger partial charge is 0.224 e. The van der Waals surface area contributed by atoms with Gasteiger partial charge in [-0.3, -0.25) is 4.79 Å². The third-order valence-corrected chi connectivity index (χ3v) is 2.84. The van der Waals surface area contributed by atoms with Crippen LogP contribution in [0.15, 0.2) is 42.1 Å². The molecule has 2 aromatic rings. The molecule has 0 saturated carbocycles. The number of hydrogen-bond donors (Lipinski definition) is 2. The number of rotatable bonds is 4. The first kappa shape index (κ1) is 12.4. The van der Waals surface area contributed by atoms with Gasteiger partial charge in [-0.15, -0.1) is 0 Å². The Morgan fingerprint density at radius 1 is 1.33 bits per heavy atom. The van der Waals surface area contributed by atoms with E-state index in [-0.39, 0.29) is 5.91 Å². The fourth-order valence-corrected chi connectivity index (χ4v) is 1.88. The standard InChI is InChI=1S/C15H18N2O/c1-11(2)7-8-16-15(18)9-12-10-17-14-6-4-3-5-13(12)14/h3-7,10,17H,8-9H2,1-2H3,(H,16,18). The van der Waals surface area contributed by atoms with Crippen molar-refractivity contribution in [1.29, 1.82) is 0 Å². The second-order valence-electron chi connectivity index (χ2n) is 4.62. The first-order valence-electron chi connectivity index (χ1n) is 6.12. The molecule has 0 bridgehead atoms. The fourth-order valence-electron chi connectivity index (χ4n) is 1.88. The fraction of sp³-hybridized carbons (Fsp3) is 0.267. The van der Waals surface area contributed by atoms with Gasteiger partial charge in [0, 0.05) is 23.6 Å². The van der Waals surface area contributed by atoms with E-state index in [9.17, 15) is 4.79 Å². The third-order valence-electron chi connectivity index (χ3n) is 2.84. The molecule has 0 aliphatic carbocycles. The maximum absolute atomic E-state index is 11.8. The summed E-state index contributed by atoms with van der Waals surface area (Å²) in [6, 6.07) is 8.02.